The molecule has 0 saturated carbocycles. The lowest BCUT2D eigenvalue weighted by Crippen LogP contribution is -2.29. The third-order valence-corrected chi connectivity index (χ3v) is 3.80. The normalized spacial score (nSPS) is 12.2. The van der Waals surface area contributed by atoms with Crippen molar-refractivity contribution >= 4 is 12.0 Å². The highest BCUT2D eigenvalue weighted by Gasteiger charge is 2.11. The Morgan fingerprint density at radius 3 is 2.32 bits per heavy atom. The molecule has 1 aromatic carbocycles. The highest BCUT2D eigenvalue weighted by molar-refractivity contribution is 5.75. The lowest BCUT2D eigenvalue weighted by molar-refractivity contribution is 0.112. The van der Waals surface area contributed by atoms with E-state index in [0.717, 1.165) is 30.9 Å². The first kappa shape index (κ1) is 15.7. The molecular weight excluding hydrogens is 234 g/mol. The van der Waals surface area contributed by atoms with Crippen LogP contribution in [0.25, 0.3) is 0 Å². The summed E-state index contributed by atoms with van der Waals surface area (Å²) in [5.41, 5.74) is 1.97. The summed E-state index contributed by atoms with van der Waals surface area (Å²) in [6.45, 7) is 8.86. The van der Waals surface area contributed by atoms with Gasteiger partial charge in [-0.1, -0.05) is 33.1 Å². The molecule has 0 heterocycles. The zero-order chi connectivity index (χ0) is 14.1. The van der Waals surface area contributed by atoms with Gasteiger partial charge in [0.2, 0.25) is 0 Å². The minimum atomic E-state index is 0.748. The first-order chi connectivity index (χ1) is 9.24. The predicted octanol–water partition coefficient (Wildman–Crippen LogP) is 4.54. The van der Waals surface area contributed by atoms with Crippen molar-refractivity contribution in [2.45, 2.75) is 46.5 Å². The summed E-state index contributed by atoms with van der Waals surface area (Å²) < 4.78 is 0. The Labute approximate surface area is 117 Å². The molecule has 2 heteroatoms. The van der Waals surface area contributed by atoms with Gasteiger partial charge in [-0.25, -0.2) is 0 Å². The minimum absolute atomic E-state index is 0.748. The lowest BCUT2D eigenvalue weighted by Gasteiger charge is -2.28. The average Bonchev–Trinajstić information content (AvgIpc) is 2.48. The van der Waals surface area contributed by atoms with Crippen LogP contribution in [0.3, 0.4) is 0 Å². The van der Waals surface area contributed by atoms with Gasteiger partial charge in [-0.3, -0.25) is 4.79 Å². The first-order valence-electron chi connectivity index (χ1n) is 7.55. The summed E-state index contributed by atoms with van der Waals surface area (Å²) in [7, 11) is 0. The minimum Gasteiger partial charge on any atom is -0.372 e. The Kier molecular flexibility index (Phi) is 7.24. The molecule has 0 N–H and O–H groups in total. The highest BCUT2D eigenvalue weighted by Crippen LogP contribution is 2.20. The molecule has 0 aliphatic rings. The van der Waals surface area contributed by atoms with Gasteiger partial charge in [0, 0.05) is 24.3 Å². The lowest BCUT2D eigenvalue weighted by atomic mass is 9.98. The van der Waals surface area contributed by atoms with Crippen LogP contribution in [0.4, 0.5) is 5.69 Å². The topological polar surface area (TPSA) is 20.3 Å². The van der Waals surface area contributed by atoms with E-state index in [0.29, 0.717) is 0 Å². The number of benzene rings is 1. The van der Waals surface area contributed by atoms with Gasteiger partial charge in [0.05, 0.1) is 0 Å². The van der Waals surface area contributed by atoms with Crippen LogP contribution in [0.5, 0.6) is 0 Å². The molecule has 0 aromatic heterocycles. The number of rotatable bonds is 9. The quantitative estimate of drug-likeness (QED) is 0.608. The average molecular weight is 261 g/mol. The van der Waals surface area contributed by atoms with E-state index in [2.05, 4.69) is 37.8 Å². The van der Waals surface area contributed by atoms with Crippen molar-refractivity contribution in [3.05, 3.63) is 29.8 Å². The van der Waals surface area contributed by atoms with Crippen LogP contribution < -0.4 is 4.90 Å². The number of carbonyl (C=O) groups is 1. The van der Waals surface area contributed by atoms with E-state index in [1.807, 2.05) is 12.1 Å². The zero-order valence-electron chi connectivity index (χ0n) is 12.6. The summed E-state index contributed by atoms with van der Waals surface area (Å²) in [6, 6.07) is 7.91. The van der Waals surface area contributed by atoms with Crippen LogP contribution in [-0.4, -0.2) is 19.4 Å². The van der Waals surface area contributed by atoms with Crippen molar-refractivity contribution in [1.29, 1.82) is 0 Å². The molecule has 1 rings (SSSR count). The molecule has 0 aliphatic heterocycles. The van der Waals surface area contributed by atoms with Crippen molar-refractivity contribution in [2.75, 3.05) is 18.0 Å². The first-order valence-corrected chi connectivity index (χ1v) is 7.55. The number of unbranched alkanes of at least 4 members (excludes halogenated alkanes) is 1. The van der Waals surface area contributed by atoms with E-state index in [1.54, 1.807) is 0 Å². The fraction of sp³-hybridized carbons (Fsp3) is 0.588. The van der Waals surface area contributed by atoms with Crippen LogP contribution in [0, 0.1) is 5.92 Å². The fourth-order valence-corrected chi connectivity index (χ4v) is 2.41. The maximum Gasteiger partial charge on any atom is 0.150 e. The van der Waals surface area contributed by atoms with E-state index in [1.165, 1.54) is 31.4 Å². The Balaban J connectivity index is 2.66. The third-order valence-electron chi connectivity index (χ3n) is 3.80. The van der Waals surface area contributed by atoms with E-state index in [-0.39, 0.29) is 0 Å². The van der Waals surface area contributed by atoms with Gasteiger partial charge in [-0.15, -0.1) is 0 Å². The Bertz CT molecular complexity index is 358. The SMILES string of the molecule is CCCCC(CC)CN(CC)c1ccc(C=O)cc1. The van der Waals surface area contributed by atoms with Crippen LogP contribution in [0.1, 0.15) is 56.8 Å². The molecule has 106 valence electrons. The summed E-state index contributed by atoms with van der Waals surface area (Å²) >= 11 is 0. The second-order valence-electron chi connectivity index (χ2n) is 5.16. The number of aldehydes is 1. The molecule has 1 aromatic rings. The number of nitrogens with zero attached hydrogens (tertiary/aromatic N) is 1. The summed E-state index contributed by atoms with van der Waals surface area (Å²) in [5, 5.41) is 0. The summed E-state index contributed by atoms with van der Waals surface area (Å²) in [6.07, 6.45) is 6.05. The number of hydrogen-bond acceptors (Lipinski definition) is 2. The smallest absolute Gasteiger partial charge is 0.150 e. The Morgan fingerprint density at radius 1 is 1.16 bits per heavy atom. The maximum atomic E-state index is 10.7. The Hall–Kier alpha value is -1.31. The van der Waals surface area contributed by atoms with E-state index in [9.17, 15) is 4.79 Å². The van der Waals surface area contributed by atoms with Gasteiger partial charge in [0.1, 0.15) is 6.29 Å². The van der Waals surface area contributed by atoms with Gasteiger partial charge < -0.3 is 4.90 Å². The van der Waals surface area contributed by atoms with E-state index < -0.39 is 0 Å². The number of carbonyl (C=O) groups excluding carboxylic acids is 1. The Morgan fingerprint density at radius 2 is 1.84 bits per heavy atom. The molecule has 0 fully saturated rings. The molecule has 0 aliphatic carbocycles. The second kappa shape index (κ2) is 8.73. The molecular formula is C17H27NO. The monoisotopic (exact) mass is 261 g/mol. The van der Waals surface area contributed by atoms with E-state index in [4.69, 9.17) is 0 Å². The molecule has 19 heavy (non-hydrogen) atoms. The highest BCUT2D eigenvalue weighted by atomic mass is 16.1. The van der Waals surface area contributed by atoms with Crippen molar-refractivity contribution < 1.29 is 4.79 Å². The molecule has 1 atom stereocenters. The van der Waals surface area contributed by atoms with Crippen LogP contribution >= 0.6 is 0 Å². The van der Waals surface area contributed by atoms with Crippen molar-refractivity contribution in [3.8, 4) is 0 Å². The van der Waals surface area contributed by atoms with Crippen LogP contribution in [0.2, 0.25) is 0 Å². The molecule has 0 radical (unpaired) electrons. The van der Waals surface area contributed by atoms with Gasteiger partial charge in [0.15, 0.2) is 0 Å². The number of anilines is 1. The van der Waals surface area contributed by atoms with E-state index >= 15 is 0 Å². The van der Waals surface area contributed by atoms with Gasteiger partial charge in [-0.2, -0.15) is 0 Å². The summed E-state index contributed by atoms with van der Waals surface area (Å²) in [4.78, 5) is 13.1. The van der Waals surface area contributed by atoms with Crippen molar-refractivity contribution in [3.63, 3.8) is 0 Å². The molecule has 0 saturated heterocycles. The maximum absolute atomic E-state index is 10.7. The molecule has 1 unspecified atom stereocenters. The summed E-state index contributed by atoms with van der Waals surface area (Å²) in [5.74, 6) is 0.769. The third kappa shape index (κ3) is 5.06. The number of hydrogen-bond donors (Lipinski definition) is 0. The molecule has 0 amide bonds. The van der Waals surface area contributed by atoms with Gasteiger partial charge in [0.25, 0.3) is 0 Å². The van der Waals surface area contributed by atoms with Gasteiger partial charge in [-0.05, 0) is 43.5 Å². The molecule has 0 spiro atoms. The van der Waals surface area contributed by atoms with Crippen molar-refractivity contribution in [2.24, 2.45) is 5.92 Å². The predicted molar refractivity (Wildman–Crippen MR) is 83.0 cm³/mol. The van der Waals surface area contributed by atoms with Crippen LogP contribution in [0.15, 0.2) is 24.3 Å². The zero-order valence-corrected chi connectivity index (χ0v) is 12.6. The van der Waals surface area contributed by atoms with Crippen molar-refractivity contribution in [1.82, 2.24) is 0 Å². The second-order valence-corrected chi connectivity index (χ2v) is 5.16. The van der Waals surface area contributed by atoms with Crippen LogP contribution in [-0.2, 0) is 0 Å². The standard InChI is InChI=1S/C17H27NO/c1-4-7-8-15(5-2)13-18(6-3)17-11-9-16(14-19)10-12-17/h9-12,14-15H,4-8,13H2,1-3H3. The molecule has 2 nitrogen and oxygen atoms in total. The fourth-order valence-electron chi connectivity index (χ4n) is 2.41. The molecule has 0 bridgehead atoms. The largest absolute Gasteiger partial charge is 0.372 e. The van der Waals surface area contributed by atoms with Gasteiger partial charge >= 0.3 is 0 Å².